The van der Waals surface area contributed by atoms with Gasteiger partial charge in [-0.25, -0.2) is 17.7 Å². The summed E-state index contributed by atoms with van der Waals surface area (Å²) in [5.74, 6) is 0.371. The predicted octanol–water partition coefficient (Wildman–Crippen LogP) is 0.506. The van der Waals surface area contributed by atoms with E-state index in [1.54, 1.807) is 16.7 Å². The summed E-state index contributed by atoms with van der Waals surface area (Å²) in [6, 6.07) is 5.22. The molecule has 1 atom stereocenters. The number of fused-ring (bicyclic) bond motifs is 2. The maximum absolute atomic E-state index is 12.6. The standard InChI is InChI=1S/C18H21N5O4S/c1-12-4-3-5-14(19-12)20-15(24)13-10-22-8-6-18(17(22)21-16(13)25)7-9-23(11-18)28(2,26)27/h3-5,10H,6-9,11H2,1-2H3,(H,19,20,24). The molecular formula is C18H21N5O4S. The van der Waals surface area contributed by atoms with Crippen molar-refractivity contribution < 1.29 is 13.2 Å². The number of hydrogen-bond acceptors (Lipinski definition) is 6. The van der Waals surface area contributed by atoms with Crippen LogP contribution in [0.3, 0.4) is 0 Å². The molecule has 1 saturated heterocycles. The lowest BCUT2D eigenvalue weighted by molar-refractivity contribution is 0.102. The highest BCUT2D eigenvalue weighted by atomic mass is 32.2. The van der Waals surface area contributed by atoms with Gasteiger partial charge < -0.3 is 9.88 Å². The van der Waals surface area contributed by atoms with E-state index in [4.69, 9.17) is 0 Å². The molecule has 0 aromatic carbocycles. The van der Waals surface area contributed by atoms with Crippen molar-refractivity contribution in [1.82, 2.24) is 18.8 Å². The Labute approximate surface area is 162 Å². The van der Waals surface area contributed by atoms with Crippen LogP contribution >= 0.6 is 0 Å². The van der Waals surface area contributed by atoms with Gasteiger partial charge in [0.15, 0.2) is 0 Å². The van der Waals surface area contributed by atoms with Gasteiger partial charge in [0.05, 0.1) is 6.26 Å². The minimum atomic E-state index is -3.29. The molecule has 148 valence electrons. The van der Waals surface area contributed by atoms with E-state index in [-0.39, 0.29) is 5.56 Å². The number of aryl methyl sites for hydroxylation is 2. The molecule has 10 heteroatoms. The van der Waals surface area contributed by atoms with Crippen LogP contribution in [0, 0.1) is 6.92 Å². The molecule has 1 unspecified atom stereocenters. The molecule has 1 spiro atoms. The molecule has 0 saturated carbocycles. The van der Waals surface area contributed by atoms with Crippen LogP contribution in [0.2, 0.25) is 0 Å². The number of aromatic nitrogens is 3. The number of pyridine rings is 1. The van der Waals surface area contributed by atoms with Crippen molar-refractivity contribution in [3.63, 3.8) is 0 Å². The first-order valence-electron chi connectivity index (χ1n) is 9.00. The number of nitrogens with one attached hydrogen (secondary N) is 1. The number of anilines is 1. The molecule has 1 fully saturated rings. The number of nitrogens with zero attached hydrogens (tertiary/aromatic N) is 4. The van der Waals surface area contributed by atoms with Crippen molar-refractivity contribution in [2.24, 2.45) is 0 Å². The number of carbonyl (C=O) groups is 1. The number of amides is 1. The lowest BCUT2D eigenvalue weighted by atomic mass is 9.85. The zero-order valence-corrected chi connectivity index (χ0v) is 16.5. The Kier molecular flexibility index (Phi) is 4.35. The maximum Gasteiger partial charge on any atom is 0.285 e. The molecule has 0 radical (unpaired) electrons. The highest BCUT2D eigenvalue weighted by molar-refractivity contribution is 7.88. The van der Waals surface area contributed by atoms with Gasteiger partial charge in [0.25, 0.3) is 11.5 Å². The van der Waals surface area contributed by atoms with Crippen LogP contribution in [0.4, 0.5) is 5.82 Å². The molecule has 1 amide bonds. The van der Waals surface area contributed by atoms with Crippen molar-refractivity contribution in [3.05, 3.63) is 51.8 Å². The summed E-state index contributed by atoms with van der Waals surface area (Å²) >= 11 is 0. The molecule has 4 heterocycles. The Balaban J connectivity index is 1.63. The second kappa shape index (κ2) is 6.49. The fourth-order valence-corrected chi connectivity index (χ4v) is 4.89. The monoisotopic (exact) mass is 403 g/mol. The van der Waals surface area contributed by atoms with Crippen molar-refractivity contribution in [2.75, 3.05) is 24.7 Å². The van der Waals surface area contributed by atoms with E-state index >= 15 is 0 Å². The van der Waals surface area contributed by atoms with Gasteiger partial charge in [-0.3, -0.25) is 9.59 Å². The first-order chi connectivity index (χ1) is 13.2. The van der Waals surface area contributed by atoms with Gasteiger partial charge in [-0.2, -0.15) is 4.98 Å². The second-order valence-corrected chi connectivity index (χ2v) is 9.45. The number of carbonyl (C=O) groups excluding carboxylic acids is 1. The maximum atomic E-state index is 12.6. The van der Waals surface area contributed by atoms with Gasteiger partial charge in [-0.1, -0.05) is 6.07 Å². The first-order valence-corrected chi connectivity index (χ1v) is 10.8. The smallest absolute Gasteiger partial charge is 0.285 e. The summed E-state index contributed by atoms with van der Waals surface area (Å²) in [5, 5.41) is 2.63. The highest BCUT2D eigenvalue weighted by Crippen LogP contribution is 2.41. The van der Waals surface area contributed by atoms with Crippen molar-refractivity contribution >= 4 is 21.7 Å². The normalized spacial score (nSPS) is 21.8. The molecule has 4 rings (SSSR count). The van der Waals surface area contributed by atoms with Gasteiger partial charge >= 0.3 is 0 Å². The molecule has 2 aliphatic heterocycles. The van der Waals surface area contributed by atoms with Gasteiger partial charge in [0.1, 0.15) is 17.2 Å². The minimum absolute atomic E-state index is 0.0536. The van der Waals surface area contributed by atoms with E-state index in [0.717, 1.165) is 5.69 Å². The minimum Gasteiger partial charge on any atom is -0.335 e. The lowest BCUT2D eigenvalue weighted by Gasteiger charge is -2.22. The number of rotatable bonds is 3. The van der Waals surface area contributed by atoms with E-state index in [0.29, 0.717) is 44.1 Å². The quantitative estimate of drug-likeness (QED) is 0.798. The molecule has 2 aliphatic rings. The zero-order valence-electron chi connectivity index (χ0n) is 15.7. The van der Waals surface area contributed by atoms with Crippen LogP contribution < -0.4 is 10.9 Å². The van der Waals surface area contributed by atoms with Crippen LogP contribution in [0.5, 0.6) is 0 Å². The third-order valence-electron chi connectivity index (χ3n) is 5.46. The van der Waals surface area contributed by atoms with Gasteiger partial charge in [-0.15, -0.1) is 0 Å². The van der Waals surface area contributed by atoms with Crippen molar-refractivity contribution in [1.29, 1.82) is 0 Å². The predicted molar refractivity (Wildman–Crippen MR) is 103 cm³/mol. The van der Waals surface area contributed by atoms with Crippen molar-refractivity contribution in [3.8, 4) is 0 Å². The van der Waals surface area contributed by atoms with Crippen LogP contribution in [0.15, 0.2) is 29.2 Å². The van der Waals surface area contributed by atoms with Gasteiger partial charge in [0.2, 0.25) is 10.0 Å². The lowest BCUT2D eigenvalue weighted by Crippen LogP contribution is -2.35. The van der Waals surface area contributed by atoms with Crippen LogP contribution in [-0.2, 0) is 22.0 Å². The third kappa shape index (κ3) is 3.22. The Morgan fingerprint density at radius 3 is 2.64 bits per heavy atom. The highest BCUT2D eigenvalue weighted by Gasteiger charge is 2.48. The Morgan fingerprint density at radius 1 is 1.21 bits per heavy atom. The van der Waals surface area contributed by atoms with Crippen LogP contribution in [0.25, 0.3) is 0 Å². The summed E-state index contributed by atoms with van der Waals surface area (Å²) in [7, 11) is -3.29. The molecule has 2 aromatic heterocycles. The fourth-order valence-electron chi connectivity index (χ4n) is 3.99. The molecule has 2 aromatic rings. The first kappa shape index (κ1) is 18.8. The Hall–Kier alpha value is -2.59. The SMILES string of the molecule is Cc1cccc(NC(=O)c2cn3c(nc2=O)C2(CCN(S(C)(=O)=O)C2)CC3)n1. The van der Waals surface area contributed by atoms with Gasteiger partial charge in [-0.05, 0) is 31.9 Å². The topological polar surface area (TPSA) is 114 Å². The number of hydrogen-bond donors (Lipinski definition) is 1. The summed E-state index contributed by atoms with van der Waals surface area (Å²) in [6.07, 6.45) is 4.02. The molecule has 9 nitrogen and oxygen atoms in total. The van der Waals surface area contributed by atoms with Crippen molar-refractivity contribution in [2.45, 2.75) is 31.7 Å². The second-order valence-electron chi connectivity index (χ2n) is 7.47. The summed E-state index contributed by atoms with van der Waals surface area (Å²) in [4.78, 5) is 33.5. The summed E-state index contributed by atoms with van der Waals surface area (Å²) in [5.41, 5.74) is -0.382. The van der Waals surface area contributed by atoms with Crippen LogP contribution in [-0.4, -0.2) is 52.5 Å². The van der Waals surface area contributed by atoms with E-state index < -0.39 is 26.9 Å². The van der Waals surface area contributed by atoms with Crippen LogP contribution in [0.1, 0.15) is 34.7 Å². The third-order valence-corrected chi connectivity index (χ3v) is 6.71. The molecular weight excluding hydrogens is 382 g/mol. The zero-order chi connectivity index (χ0) is 20.1. The summed E-state index contributed by atoms with van der Waals surface area (Å²) < 4.78 is 27.0. The molecule has 0 aliphatic carbocycles. The Morgan fingerprint density at radius 2 is 1.96 bits per heavy atom. The summed E-state index contributed by atoms with van der Waals surface area (Å²) in [6.45, 7) is 3.12. The molecule has 28 heavy (non-hydrogen) atoms. The fraction of sp³-hybridized carbons (Fsp3) is 0.444. The molecule has 0 bridgehead atoms. The van der Waals surface area contributed by atoms with E-state index in [1.807, 2.05) is 13.0 Å². The van der Waals surface area contributed by atoms with Gasteiger partial charge in [0, 0.05) is 36.9 Å². The van der Waals surface area contributed by atoms with E-state index in [1.165, 1.54) is 16.8 Å². The number of sulfonamides is 1. The Bertz CT molecular complexity index is 1130. The van der Waals surface area contributed by atoms with E-state index in [9.17, 15) is 18.0 Å². The molecule has 1 N–H and O–H groups in total. The van der Waals surface area contributed by atoms with E-state index in [2.05, 4.69) is 15.3 Å². The largest absolute Gasteiger partial charge is 0.335 e. The average Bonchev–Trinajstić information content (AvgIpc) is 3.20. The average molecular weight is 403 g/mol.